The zero-order valence-electron chi connectivity index (χ0n) is 10.2. The molecule has 1 aliphatic rings. The van der Waals surface area contributed by atoms with Crippen LogP contribution in [0.25, 0.3) is 11.0 Å². The molecule has 2 aromatic heterocycles. The molecule has 0 aliphatic heterocycles. The number of hydrogen-bond acceptors (Lipinski definition) is 4. The summed E-state index contributed by atoms with van der Waals surface area (Å²) in [5.74, 6) is -0.628. The molecule has 0 aromatic carbocycles. The highest BCUT2D eigenvalue weighted by atomic mass is 35.5. The molecule has 0 atom stereocenters. The molecular formula is C13H11ClN2O3. The van der Waals surface area contributed by atoms with Gasteiger partial charge in [-0.2, -0.15) is 0 Å². The van der Waals surface area contributed by atoms with Gasteiger partial charge < -0.3 is 9.30 Å². The summed E-state index contributed by atoms with van der Waals surface area (Å²) in [4.78, 5) is 28.1. The Bertz CT molecular complexity index is 734. The predicted molar refractivity (Wildman–Crippen MR) is 70.6 cm³/mol. The number of carbonyl (C=O) groups excluding carboxylic acids is 1. The number of fused-ring (bicyclic) bond motifs is 1. The Morgan fingerprint density at radius 2 is 2.21 bits per heavy atom. The number of hydrogen-bond donors (Lipinski definition) is 0. The van der Waals surface area contributed by atoms with E-state index in [-0.39, 0.29) is 17.0 Å². The second kappa shape index (κ2) is 4.35. The highest BCUT2D eigenvalue weighted by Crippen LogP contribution is 2.36. The Hall–Kier alpha value is -1.88. The lowest BCUT2D eigenvalue weighted by Gasteiger charge is -2.11. The average Bonchev–Trinajstić information content (AvgIpc) is 3.22. The van der Waals surface area contributed by atoms with Crippen LogP contribution in [0.1, 0.15) is 29.2 Å². The van der Waals surface area contributed by atoms with Crippen LogP contribution in [-0.2, 0) is 4.74 Å². The molecule has 0 radical (unpaired) electrons. The minimum atomic E-state index is -0.628. The van der Waals surface area contributed by atoms with Crippen LogP contribution in [0, 0.1) is 0 Å². The third kappa shape index (κ3) is 2.00. The summed E-state index contributed by atoms with van der Waals surface area (Å²) in [5.41, 5.74) is 0.182. The summed E-state index contributed by atoms with van der Waals surface area (Å²) in [6, 6.07) is 3.42. The lowest BCUT2D eigenvalue weighted by Crippen LogP contribution is -2.20. The third-order valence-corrected chi connectivity index (χ3v) is 3.40. The van der Waals surface area contributed by atoms with E-state index in [1.54, 1.807) is 12.1 Å². The highest BCUT2D eigenvalue weighted by Gasteiger charge is 2.27. The summed E-state index contributed by atoms with van der Waals surface area (Å²) in [7, 11) is 1.26. The second-order valence-electron chi connectivity index (χ2n) is 4.51. The van der Waals surface area contributed by atoms with Crippen LogP contribution >= 0.6 is 11.6 Å². The maximum Gasteiger partial charge on any atom is 0.343 e. The van der Waals surface area contributed by atoms with Crippen LogP contribution in [0.2, 0.25) is 5.15 Å². The van der Waals surface area contributed by atoms with Gasteiger partial charge in [0.25, 0.3) is 0 Å². The van der Waals surface area contributed by atoms with Crippen LogP contribution in [0.15, 0.2) is 23.1 Å². The van der Waals surface area contributed by atoms with Gasteiger partial charge in [0.05, 0.1) is 12.5 Å². The Balaban J connectivity index is 2.37. The third-order valence-electron chi connectivity index (χ3n) is 3.19. The fourth-order valence-electron chi connectivity index (χ4n) is 2.09. The molecular weight excluding hydrogens is 268 g/mol. The largest absolute Gasteiger partial charge is 0.465 e. The lowest BCUT2D eigenvalue weighted by molar-refractivity contribution is 0.0598. The molecule has 6 heteroatoms. The van der Waals surface area contributed by atoms with E-state index in [1.807, 2.05) is 4.57 Å². The van der Waals surface area contributed by atoms with E-state index >= 15 is 0 Å². The molecule has 3 rings (SSSR count). The summed E-state index contributed by atoms with van der Waals surface area (Å²) in [6.07, 6.45) is 3.54. The number of aromatic nitrogens is 2. The Morgan fingerprint density at radius 3 is 2.84 bits per heavy atom. The van der Waals surface area contributed by atoms with Crippen molar-refractivity contribution in [3.8, 4) is 0 Å². The van der Waals surface area contributed by atoms with Gasteiger partial charge in [0, 0.05) is 12.2 Å². The first-order valence-electron chi connectivity index (χ1n) is 5.91. The Morgan fingerprint density at radius 1 is 1.47 bits per heavy atom. The maximum atomic E-state index is 12.2. The monoisotopic (exact) mass is 278 g/mol. The zero-order chi connectivity index (χ0) is 13.6. The van der Waals surface area contributed by atoms with E-state index in [1.165, 1.54) is 13.3 Å². The van der Waals surface area contributed by atoms with Crippen molar-refractivity contribution < 1.29 is 9.53 Å². The summed E-state index contributed by atoms with van der Waals surface area (Å²) in [5, 5.41) is 0.714. The standard InChI is InChI=1S/C13H11ClN2O3/c1-19-13(18)9-6-16(7-2-3-7)12-8(11(9)17)4-5-10(14)15-12/h4-7H,2-3H2,1H3. The van der Waals surface area contributed by atoms with Gasteiger partial charge in [0.15, 0.2) is 0 Å². The van der Waals surface area contributed by atoms with E-state index < -0.39 is 5.97 Å². The SMILES string of the molecule is COC(=O)c1cn(C2CC2)c2nc(Cl)ccc2c1=O. The van der Waals surface area contributed by atoms with Crippen molar-refractivity contribution in [3.63, 3.8) is 0 Å². The number of halogens is 1. The number of esters is 1. The fourth-order valence-corrected chi connectivity index (χ4v) is 2.23. The lowest BCUT2D eigenvalue weighted by atomic mass is 10.2. The van der Waals surface area contributed by atoms with Crippen molar-refractivity contribution in [2.45, 2.75) is 18.9 Å². The van der Waals surface area contributed by atoms with Gasteiger partial charge in [-0.25, -0.2) is 9.78 Å². The normalized spacial score (nSPS) is 14.6. The predicted octanol–water partition coefficient (Wildman–Crippen LogP) is 2.17. The molecule has 1 aliphatic carbocycles. The molecule has 1 fully saturated rings. The van der Waals surface area contributed by atoms with E-state index in [0.717, 1.165) is 12.8 Å². The number of nitrogens with zero attached hydrogens (tertiary/aromatic N) is 2. The Labute approximate surface area is 113 Å². The molecule has 5 nitrogen and oxygen atoms in total. The number of ether oxygens (including phenoxy) is 1. The molecule has 0 spiro atoms. The Kier molecular flexibility index (Phi) is 2.78. The number of rotatable bonds is 2. The highest BCUT2D eigenvalue weighted by molar-refractivity contribution is 6.29. The molecule has 0 saturated heterocycles. The quantitative estimate of drug-likeness (QED) is 0.624. The van der Waals surface area contributed by atoms with Crippen LogP contribution in [-0.4, -0.2) is 22.6 Å². The van der Waals surface area contributed by atoms with Gasteiger partial charge in [0.1, 0.15) is 16.4 Å². The summed E-state index contributed by atoms with van der Waals surface area (Å²) < 4.78 is 6.49. The van der Waals surface area contributed by atoms with E-state index in [2.05, 4.69) is 9.72 Å². The average molecular weight is 279 g/mol. The molecule has 19 heavy (non-hydrogen) atoms. The smallest absolute Gasteiger partial charge is 0.343 e. The number of pyridine rings is 2. The topological polar surface area (TPSA) is 61.2 Å². The van der Waals surface area contributed by atoms with Gasteiger partial charge in [-0.05, 0) is 25.0 Å². The summed E-state index contributed by atoms with van der Waals surface area (Å²) >= 11 is 5.88. The van der Waals surface area contributed by atoms with E-state index in [4.69, 9.17) is 11.6 Å². The minimum absolute atomic E-state index is 0.0334. The number of methoxy groups -OCH3 is 1. The van der Waals surface area contributed by atoms with Crippen LogP contribution in [0.4, 0.5) is 0 Å². The molecule has 1 saturated carbocycles. The van der Waals surface area contributed by atoms with Crippen molar-refractivity contribution in [3.05, 3.63) is 39.3 Å². The van der Waals surface area contributed by atoms with Crippen molar-refractivity contribution in [2.24, 2.45) is 0 Å². The second-order valence-corrected chi connectivity index (χ2v) is 4.89. The van der Waals surface area contributed by atoms with Crippen LogP contribution in [0.3, 0.4) is 0 Å². The zero-order valence-corrected chi connectivity index (χ0v) is 11.0. The van der Waals surface area contributed by atoms with Crippen molar-refractivity contribution in [2.75, 3.05) is 7.11 Å². The maximum absolute atomic E-state index is 12.2. The molecule has 0 amide bonds. The van der Waals surface area contributed by atoms with Gasteiger partial charge >= 0.3 is 5.97 Å². The molecule has 0 N–H and O–H groups in total. The summed E-state index contributed by atoms with van der Waals surface area (Å²) in [6.45, 7) is 0. The van der Waals surface area contributed by atoms with Crippen molar-refractivity contribution >= 4 is 28.6 Å². The van der Waals surface area contributed by atoms with Gasteiger partial charge in [0.2, 0.25) is 5.43 Å². The first-order valence-corrected chi connectivity index (χ1v) is 6.29. The molecule has 0 unspecified atom stereocenters. The number of carbonyl (C=O) groups is 1. The van der Waals surface area contributed by atoms with E-state index in [0.29, 0.717) is 16.2 Å². The van der Waals surface area contributed by atoms with Gasteiger partial charge in [-0.1, -0.05) is 11.6 Å². The van der Waals surface area contributed by atoms with Crippen LogP contribution in [0.5, 0.6) is 0 Å². The molecule has 2 aromatic rings. The molecule has 2 heterocycles. The van der Waals surface area contributed by atoms with Gasteiger partial charge in [-0.3, -0.25) is 4.79 Å². The van der Waals surface area contributed by atoms with Crippen molar-refractivity contribution in [1.29, 1.82) is 0 Å². The first kappa shape index (κ1) is 12.2. The molecule has 98 valence electrons. The molecule has 0 bridgehead atoms. The van der Waals surface area contributed by atoms with E-state index in [9.17, 15) is 9.59 Å². The fraction of sp³-hybridized carbons (Fsp3) is 0.308. The van der Waals surface area contributed by atoms with Crippen molar-refractivity contribution in [1.82, 2.24) is 9.55 Å². The minimum Gasteiger partial charge on any atom is -0.465 e. The van der Waals surface area contributed by atoms with Gasteiger partial charge in [-0.15, -0.1) is 0 Å². The van der Waals surface area contributed by atoms with Crippen LogP contribution < -0.4 is 5.43 Å². The first-order chi connectivity index (χ1) is 9.11.